The minimum absolute atomic E-state index is 0.0433. The molecule has 152 valence electrons. The molecule has 3 aromatic rings. The van der Waals surface area contributed by atoms with Crippen molar-refractivity contribution >= 4 is 28.6 Å². The van der Waals surface area contributed by atoms with Gasteiger partial charge in [0.05, 0.1) is 18.7 Å². The van der Waals surface area contributed by atoms with Crippen LogP contribution in [0.15, 0.2) is 65.4 Å². The van der Waals surface area contributed by atoms with E-state index < -0.39 is 0 Å². The highest BCUT2D eigenvalue weighted by Gasteiger charge is 2.23. The van der Waals surface area contributed by atoms with Gasteiger partial charge in [0, 0.05) is 29.5 Å². The first kappa shape index (κ1) is 20.3. The highest BCUT2D eigenvalue weighted by atomic mass is 32.1. The quantitative estimate of drug-likeness (QED) is 0.539. The number of amides is 1. The van der Waals surface area contributed by atoms with Gasteiger partial charge in [0.25, 0.3) is 0 Å². The molecule has 1 amide bonds. The second-order valence-corrected chi connectivity index (χ2v) is 9.32. The zero-order valence-corrected chi connectivity index (χ0v) is 18.0. The van der Waals surface area contributed by atoms with Crippen LogP contribution < -0.4 is 5.32 Å². The predicted octanol–water partition coefficient (Wildman–Crippen LogP) is 4.70. The van der Waals surface area contributed by atoms with Crippen molar-refractivity contribution < 1.29 is 9.53 Å². The number of hydrogen-bond donors (Lipinski definition) is 1. The summed E-state index contributed by atoms with van der Waals surface area (Å²) in [4.78, 5) is 17.7. The molecule has 1 aliphatic heterocycles. The zero-order chi connectivity index (χ0) is 19.9. The summed E-state index contributed by atoms with van der Waals surface area (Å²) in [6.07, 6.45) is 2.41. The van der Waals surface area contributed by atoms with Crippen molar-refractivity contribution in [3.63, 3.8) is 0 Å². The average molecular weight is 427 g/mol. The molecule has 0 aliphatic carbocycles. The lowest BCUT2D eigenvalue weighted by Gasteiger charge is -2.26. The maximum Gasteiger partial charge on any atom is 0.234 e. The van der Waals surface area contributed by atoms with Crippen LogP contribution >= 0.6 is 22.7 Å². The van der Waals surface area contributed by atoms with Gasteiger partial charge in [-0.15, -0.1) is 22.7 Å². The van der Waals surface area contributed by atoms with E-state index >= 15 is 0 Å². The van der Waals surface area contributed by atoms with Gasteiger partial charge in [-0.25, -0.2) is 0 Å². The summed E-state index contributed by atoms with van der Waals surface area (Å²) in [6, 6.07) is 18.4. The fourth-order valence-corrected chi connectivity index (χ4v) is 5.26. The third kappa shape index (κ3) is 5.76. The van der Waals surface area contributed by atoms with E-state index in [0.717, 1.165) is 43.0 Å². The molecule has 2 aromatic heterocycles. The Kier molecular flexibility index (Phi) is 7.11. The second-order valence-electron chi connectivity index (χ2n) is 7.31. The predicted molar refractivity (Wildman–Crippen MR) is 119 cm³/mol. The highest BCUT2D eigenvalue weighted by molar-refractivity contribution is 7.10. The van der Waals surface area contributed by atoms with E-state index in [4.69, 9.17) is 4.74 Å². The third-order valence-electron chi connectivity index (χ3n) is 5.08. The normalized spacial score (nSPS) is 17.5. The van der Waals surface area contributed by atoms with Crippen molar-refractivity contribution in [3.8, 4) is 0 Å². The molecule has 1 aliphatic rings. The van der Waals surface area contributed by atoms with Crippen molar-refractivity contribution in [1.82, 2.24) is 10.2 Å². The first-order valence-electron chi connectivity index (χ1n) is 10.0. The largest absolute Gasteiger partial charge is 0.377 e. The van der Waals surface area contributed by atoms with E-state index in [1.165, 1.54) is 4.88 Å². The van der Waals surface area contributed by atoms with Crippen LogP contribution in [0, 0.1) is 0 Å². The molecule has 29 heavy (non-hydrogen) atoms. The minimum Gasteiger partial charge on any atom is -0.377 e. The molecular formula is C23H26N2O2S2. The molecule has 1 aromatic carbocycles. The van der Waals surface area contributed by atoms with Gasteiger partial charge in [-0.1, -0.05) is 42.5 Å². The first-order valence-corrected chi connectivity index (χ1v) is 11.8. The Balaban J connectivity index is 1.45. The summed E-state index contributed by atoms with van der Waals surface area (Å²) in [5.41, 5.74) is 1.10. The average Bonchev–Trinajstić information content (AvgIpc) is 3.50. The monoisotopic (exact) mass is 426 g/mol. The fourth-order valence-electron chi connectivity index (χ4n) is 3.71. The smallest absolute Gasteiger partial charge is 0.234 e. The Bertz CT molecular complexity index is 860. The Morgan fingerprint density at radius 1 is 1.10 bits per heavy atom. The first-order chi connectivity index (χ1) is 14.3. The van der Waals surface area contributed by atoms with Crippen LogP contribution in [0.2, 0.25) is 0 Å². The van der Waals surface area contributed by atoms with Crippen molar-refractivity contribution in [2.75, 3.05) is 19.7 Å². The molecule has 3 heterocycles. The molecule has 1 N–H and O–H groups in total. The molecule has 1 saturated heterocycles. The summed E-state index contributed by atoms with van der Waals surface area (Å²) in [7, 11) is 0. The van der Waals surface area contributed by atoms with Crippen molar-refractivity contribution in [2.45, 2.75) is 31.5 Å². The maximum absolute atomic E-state index is 13.0. The summed E-state index contributed by atoms with van der Waals surface area (Å²) >= 11 is 3.40. The van der Waals surface area contributed by atoms with Crippen molar-refractivity contribution in [1.29, 1.82) is 0 Å². The van der Waals surface area contributed by atoms with E-state index in [-0.39, 0.29) is 18.1 Å². The molecule has 0 spiro atoms. The molecule has 2 atom stereocenters. The SMILES string of the molecule is O=C(CN(Cc1cccs1)CC1CCCO1)NC(c1ccccc1)c1cccs1. The number of hydrogen-bond acceptors (Lipinski definition) is 5. The fraction of sp³-hybridized carbons (Fsp3) is 0.348. The van der Waals surface area contributed by atoms with Gasteiger partial charge in [0.1, 0.15) is 0 Å². The molecule has 0 bridgehead atoms. The highest BCUT2D eigenvalue weighted by Crippen LogP contribution is 2.26. The lowest BCUT2D eigenvalue weighted by atomic mass is 10.1. The number of nitrogens with one attached hydrogen (secondary N) is 1. The maximum atomic E-state index is 13.0. The third-order valence-corrected chi connectivity index (χ3v) is 6.88. The molecular weight excluding hydrogens is 400 g/mol. The Morgan fingerprint density at radius 3 is 2.62 bits per heavy atom. The van der Waals surface area contributed by atoms with Crippen LogP contribution in [-0.4, -0.2) is 36.6 Å². The van der Waals surface area contributed by atoms with E-state index in [1.54, 1.807) is 22.7 Å². The number of carbonyl (C=O) groups is 1. The zero-order valence-electron chi connectivity index (χ0n) is 16.3. The molecule has 6 heteroatoms. The van der Waals surface area contributed by atoms with Gasteiger partial charge in [0.2, 0.25) is 5.91 Å². The van der Waals surface area contributed by atoms with Crippen molar-refractivity contribution in [2.24, 2.45) is 0 Å². The number of rotatable bonds is 9. The van der Waals surface area contributed by atoms with Crippen molar-refractivity contribution in [3.05, 3.63) is 80.7 Å². The van der Waals surface area contributed by atoms with Crippen LogP contribution in [0.5, 0.6) is 0 Å². The van der Waals surface area contributed by atoms with Crippen LogP contribution in [-0.2, 0) is 16.1 Å². The number of nitrogens with zero attached hydrogens (tertiary/aromatic N) is 1. The number of benzene rings is 1. The second kappa shape index (κ2) is 10.2. The molecule has 0 saturated carbocycles. The number of ether oxygens (including phenoxy) is 1. The standard InChI is InChI=1S/C23H26N2O2S2/c26-22(24-23(21-11-6-14-29-21)18-7-2-1-3-8-18)17-25(15-19-9-4-12-27-19)16-20-10-5-13-28-20/h1-3,5-8,10-11,13-14,19,23H,4,9,12,15-17H2,(H,24,26). The van der Waals surface area contributed by atoms with Crippen LogP contribution in [0.4, 0.5) is 0 Å². The lowest BCUT2D eigenvalue weighted by molar-refractivity contribution is -0.123. The Morgan fingerprint density at radius 2 is 1.93 bits per heavy atom. The van der Waals surface area contributed by atoms with Gasteiger partial charge in [-0.05, 0) is 41.3 Å². The molecule has 2 unspecified atom stereocenters. The number of carbonyl (C=O) groups excluding carboxylic acids is 1. The minimum atomic E-state index is -0.116. The summed E-state index contributed by atoms with van der Waals surface area (Å²) < 4.78 is 5.83. The summed E-state index contributed by atoms with van der Waals surface area (Å²) in [5, 5.41) is 7.40. The van der Waals surface area contributed by atoms with Gasteiger partial charge in [0.15, 0.2) is 0 Å². The molecule has 4 rings (SSSR count). The Labute approximate surface area is 180 Å². The van der Waals surface area contributed by atoms with Crippen LogP contribution in [0.1, 0.15) is 34.2 Å². The molecule has 1 fully saturated rings. The van der Waals surface area contributed by atoms with E-state index in [1.807, 2.05) is 24.3 Å². The summed E-state index contributed by atoms with van der Waals surface area (Å²) in [5.74, 6) is 0.0433. The molecule has 0 radical (unpaired) electrons. The topological polar surface area (TPSA) is 41.6 Å². The lowest BCUT2D eigenvalue weighted by Crippen LogP contribution is -2.41. The summed E-state index contributed by atoms with van der Waals surface area (Å²) in [6.45, 7) is 2.77. The van der Waals surface area contributed by atoms with Gasteiger partial charge in [-0.3, -0.25) is 9.69 Å². The van der Waals surface area contributed by atoms with E-state index in [0.29, 0.717) is 6.54 Å². The van der Waals surface area contributed by atoms with Crippen LogP contribution in [0.25, 0.3) is 0 Å². The van der Waals surface area contributed by atoms with Crippen LogP contribution in [0.3, 0.4) is 0 Å². The number of thiophene rings is 2. The Hall–Kier alpha value is -1.99. The van der Waals surface area contributed by atoms with Gasteiger partial charge < -0.3 is 10.1 Å². The molecule has 4 nitrogen and oxygen atoms in total. The van der Waals surface area contributed by atoms with E-state index in [9.17, 15) is 4.79 Å². The van der Waals surface area contributed by atoms with Gasteiger partial charge in [-0.2, -0.15) is 0 Å². The van der Waals surface area contributed by atoms with Gasteiger partial charge >= 0.3 is 0 Å². The van der Waals surface area contributed by atoms with E-state index in [2.05, 4.69) is 51.3 Å².